The summed E-state index contributed by atoms with van der Waals surface area (Å²) in [5.41, 5.74) is 5.23. The maximum absolute atomic E-state index is 12.2. The fourth-order valence-corrected chi connectivity index (χ4v) is 2.59. The van der Waals surface area contributed by atoms with Crippen molar-refractivity contribution in [2.75, 3.05) is 18.9 Å². The molecular formula is C17H24N4O. The van der Waals surface area contributed by atoms with Gasteiger partial charge in [-0.15, -0.1) is 0 Å². The number of aromatic nitrogens is 2. The van der Waals surface area contributed by atoms with Crippen molar-refractivity contribution in [1.82, 2.24) is 14.7 Å². The number of nitrogens with one attached hydrogen (secondary N) is 1. The van der Waals surface area contributed by atoms with Crippen molar-refractivity contribution in [1.29, 1.82) is 0 Å². The molecule has 0 spiro atoms. The van der Waals surface area contributed by atoms with Gasteiger partial charge in [-0.1, -0.05) is 18.2 Å². The summed E-state index contributed by atoms with van der Waals surface area (Å²) in [4.78, 5) is 14.2. The lowest BCUT2D eigenvalue weighted by molar-refractivity contribution is -0.117. The predicted octanol–water partition coefficient (Wildman–Crippen LogP) is 2.42. The van der Waals surface area contributed by atoms with Crippen LogP contribution in [0.5, 0.6) is 0 Å². The third-order valence-corrected chi connectivity index (χ3v) is 3.71. The number of likely N-dealkylation sites (N-methyl/N-ethyl adjacent to an activating group) is 1. The van der Waals surface area contributed by atoms with Crippen molar-refractivity contribution in [2.24, 2.45) is 7.05 Å². The Hall–Kier alpha value is -2.14. The van der Waals surface area contributed by atoms with Crippen LogP contribution in [0.2, 0.25) is 0 Å². The van der Waals surface area contributed by atoms with E-state index < -0.39 is 0 Å². The maximum atomic E-state index is 12.2. The molecule has 0 aliphatic heterocycles. The Bertz CT molecular complexity index is 655. The number of hydrogen-bond donors (Lipinski definition) is 1. The number of carbonyl (C=O) groups excluding carboxylic acids is 1. The number of aryl methyl sites for hydroxylation is 4. The largest absolute Gasteiger partial charge is 0.324 e. The number of benzene rings is 1. The highest BCUT2D eigenvalue weighted by atomic mass is 16.2. The normalized spacial score (nSPS) is 11.0. The third kappa shape index (κ3) is 3.95. The molecule has 0 saturated carbocycles. The smallest absolute Gasteiger partial charge is 0.238 e. The molecular weight excluding hydrogens is 276 g/mol. The highest BCUT2D eigenvalue weighted by Gasteiger charge is 2.12. The average Bonchev–Trinajstić information content (AvgIpc) is 2.72. The molecule has 5 heteroatoms. The highest BCUT2D eigenvalue weighted by Crippen LogP contribution is 2.19. The molecule has 5 nitrogen and oxygen atoms in total. The molecule has 1 heterocycles. The SMILES string of the molecule is Cc1cccc(C)c1NC(=O)CN(C)Cc1cn(C)nc1C. The van der Waals surface area contributed by atoms with E-state index in [1.807, 2.05) is 64.2 Å². The molecule has 1 aromatic heterocycles. The van der Waals surface area contributed by atoms with Crippen LogP contribution in [0.1, 0.15) is 22.4 Å². The van der Waals surface area contributed by atoms with Crippen molar-refractivity contribution < 1.29 is 4.79 Å². The summed E-state index contributed by atoms with van der Waals surface area (Å²) in [5, 5.41) is 7.34. The van der Waals surface area contributed by atoms with Gasteiger partial charge < -0.3 is 5.32 Å². The first-order chi connectivity index (χ1) is 10.4. The van der Waals surface area contributed by atoms with E-state index in [0.717, 1.165) is 28.1 Å². The summed E-state index contributed by atoms with van der Waals surface area (Å²) in [6, 6.07) is 6.01. The molecule has 0 aliphatic carbocycles. The van der Waals surface area contributed by atoms with Gasteiger partial charge in [-0.2, -0.15) is 5.10 Å². The molecule has 22 heavy (non-hydrogen) atoms. The van der Waals surface area contributed by atoms with Gasteiger partial charge in [-0.05, 0) is 38.9 Å². The van der Waals surface area contributed by atoms with Gasteiger partial charge in [0.05, 0.1) is 12.2 Å². The first kappa shape index (κ1) is 16.2. The lowest BCUT2D eigenvalue weighted by atomic mass is 10.1. The number of nitrogens with zero attached hydrogens (tertiary/aromatic N) is 3. The Balaban J connectivity index is 1.95. The Morgan fingerprint density at radius 1 is 1.27 bits per heavy atom. The first-order valence-electron chi connectivity index (χ1n) is 7.40. The fraction of sp³-hybridized carbons (Fsp3) is 0.412. The summed E-state index contributed by atoms with van der Waals surface area (Å²) in [7, 11) is 3.85. The quantitative estimate of drug-likeness (QED) is 0.922. The minimum Gasteiger partial charge on any atom is -0.324 e. The number of amides is 1. The van der Waals surface area contributed by atoms with Gasteiger partial charge in [0.15, 0.2) is 0 Å². The van der Waals surface area contributed by atoms with E-state index in [0.29, 0.717) is 13.1 Å². The van der Waals surface area contributed by atoms with Crippen LogP contribution in [0, 0.1) is 20.8 Å². The second-order valence-corrected chi connectivity index (χ2v) is 5.90. The van der Waals surface area contributed by atoms with Crippen LogP contribution in [0.3, 0.4) is 0 Å². The average molecular weight is 300 g/mol. The van der Waals surface area contributed by atoms with Crippen LogP contribution < -0.4 is 5.32 Å². The van der Waals surface area contributed by atoms with E-state index in [1.54, 1.807) is 4.68 Å². The van der Waals surface area contributed by atoms with Crippen LogP contribution in [0.15, 0.2) is 24.4 Å². The van der Waals surface area contributed by atoms with Gasteiger partial charge in [-0.25, -0.2) is 0 Å². The summed E-state index contributed by atoms with van der Waals surface area (Å²) in [6.45, 7) is 7.05. The molecule has 2 rings (SSSR count). The molecule has 0 atom stereocenters. The highest BCUT2D eigenvalue weighted by molar-refractivity contribution is 5.93. The van der Waals surface area contributed by atoms with E-state index in [2.05, 4.69) is 10.4 Å². The number of para-hydroxylation sites is 1. The summed E-state index contributed by atoms with van der Waals surface area (Å²) in [6.07, 6.45) is 2.00. The standard InChI is InChI=1S/C17H24N4O/c1-12-7-6-8-13(2)17(12)18-16(22)11-20(4)9-15-10-21(5)19-14(15)3/h6-8,10H,9,11H2,1-5H3,(H,18,22). The topological polar surface area (TPSA) is 50.2 Å². The van der Waals surface area contributed by atoms with Crippen LogP contribution in [0.4, 0.5) is 5.69 Å². The number of anilines is 1. The predicted molar refractivity (Wildman–Crippen MR) is 88.8 cm³/mol. The zero-order chi connectivity index (χ0) is 16.3. The second kappa shape index (κ2) is 6.75. The molecule has 0 aliphatic rings. The van der Waals surface area contributed by atoms with E-state index in [9.17, 15) is 4.79 Å². The first-order valence-corrected chi connectivity index (χ1v) is 7.40. The zero-order valence-corrected chi connectivity index (χ0v) is 14.0. The van der Waals surface area contributed by atoms with Crippen molar-refractivity contribution in [3.05, 3.63) is 46.8 Å². The van der Waals surface area contributed by atoms with Crippen LogP contribution in [-0.2, 0) is 18.4 Å². The number of carbonyl (C=O) groups is 1. The lowest BCUT2D eigenvalue weighted by Crippen LogP contribution is -2.30. The molecule has 0 fully saturated rings. The van der Waals surface area contributed by atoms with Gasteiger partial charge >= 0.3 is 0 Å². The molecule has 0 bridgehead atoms. The van der Waals surface area contributed by atoms with Gasteiger partial charge in [0.2, 0.25) is 5.91 Å². The van der Waals surface area contributed by atoms with E-state index in [-0.39, 0.29) is 5.91 Å². The Morgan fingerprint density at radius 3 is 2.45 bits per heavy atom. The zero-order valence-electron chi connectivity index (χ0n) is 14.0. The minimum absolute atomic E-state index is 0.00134. The van der Waals surface area contributed by atoms with Crippen molar-refractivity contribution >= 4 is 11.6 Å². The van der Waals surface area contributed by atoms with E-state index in [1.165, 1.54) is 0 Å². The lowest BCUT2D eigenvalue weighted by Gasteiger charge is -2.17. The molecule has 118 valence electrons. The monoisotopic (exact) mass is 300 g/mol. The molecule has 1 amide bonds. The number of hydrogen-bond acceptors (Lipinski definition) is 3. The van der Waals surface area contributed by atoms with Gasteiger partial charge in [0.25, 0.3) is 0 Å². The minimum atomic E-state index is 0.00134. The Morgan fingerprint density at radius 2 is 1.91 bits per heavy atom. The van der Waals surface area contributed by atoms with Crippen LogP contribution in [0.25, 0.3) is 0 Å². The maximum Gasteiger partial charge on any atom is 0.238 e. The fourth-order valence-electron chi connectivity index (χ4n) is 2.59. The molecule has 1 aromatic carbocycles. The second-order valence-electron chi connectivity index (χ2n) is 5.90. The van der Waals surface area contributed by atoms with Gasteiger partial charge in [0, 0.05) is 31.0 Å². The summed E-state index contributed by atoms with van der Waals surface area (Å²) in [5.74, 6) is 0.00134. The van der Waals surface area contributed by atoms with Gasteiger partial charge in [-0.3, -0.25) is 14.4 Å². The molecule has 2 aromatic rings. The molecule has 0 saturated heterocycles. The van der Waals surface area contributed by atoms with E-state index in [4.69, 9.17) is 0 Å². The van der Waals surface area contributed by atoms with Crippen molar-refractivity contribution in [3.63, 3.8) is 0 Å². The van der Waals surface area contributed by atoms with Crippen molar-refractivity contribution in [3.8, 4) is 0 Å². The van der Waals surface area contributed by atoms with Crippen LogP contribution >= 0.6 is 0 Å². The third-order valence-electron chi connectivity index (χ3n) is 3.71. The molecule has 0 unspecified atom stereocenters. The summed E-state index contributed by atoms with van der Waals surface area (Å²) >= 11 is 0. The molecule has 1 N–H and O–H groups in total. The Kier molecular flexibility index (Phi) is 4.98. The van der Waals surface area contributed by atoms with E-state index >= 15 is 0 Å². The van der Waals surface area contributed by atoms with Crippen molar-refractivity contribution in [2.45, 2.75) is 27.3 Å². The Labute approximate surface area is 131 Å². The van der Waals surface area contributed by atoms with Crippen LogP contribution in [-0.4, -0.2) is 34.2 Å². The summed E-state index contributed by atoms with van der Waals surface area (Å²) < 4.78 is 1.80. The number of rotatable bonds is 5. The molecule has 0 radical (unpaired) electrons. The van der Waals surface area contributed by atoms with Gasteiger partial charge in [0.1, 0.15) is 0 Å².